The molecule has 1 aliphatic heterocycles. The van der Waals surface area contributed by atoms with E-state index in [4.69, 9.17) is 11.6 Å². The number of benzene rings is 2. The van der Waals surface area contributed by atoms with Crippen LogP contribution in [-0.4, -0.2) is 29.3 Å². The predicted molar refractivity (Wildman–Crippen MR) is 116 cm³/mol. The molecule has 1 heterocycles. The molecule has 26 heavy (non-hydrogen) atoms. The molecule has 0 saturated carbocycles. The number of carbonyl (C=O) groups excluding carboxylic acids is 2. The summed E-state index contributed by atoms with van der Waals surface area (Å²) in [5.41, 5.74) is 1.41. The molecule has 134 valence electrons. The molecule has 0 bridgehead atoms. The molecular weight excluding hydrogens is 485 g/mol. The molecule has 2 aromatic rings. The minimum absolute atomic E-state index is 0.138. The Bertz CT molecular complexity index is 856. The van der Waals surface area contributed by atoms with Crippen molar-refractivity contribution < 1.29 is 9.59 Å². The van der Waals surface area contributed by atoms with Gasteiger partial charge in [0.1, 0.15) is 5.25 Å². The zero-order valence-corrected chi connectivity index (χ0v) is 17.5. The van der Waals surface area contributed by atoms with E-state index in [-0.39, 0.29) is 18.2 Å². The summed E-state index contributed by atoms with van der Waals surface area (Å²) in [6.45, 7) is 0. The van der Waals surface area contributed by atoms with Crippen LogP contribution in [0.4, 0.5) is 11.4 Å². The van der Waals surface area contributed by atoms with Crippen molar-refractivity contribution >= 4 is 74.3 Å². The molecule has 1 unspecified atom stereocenters. The fourth-order valence-electron chi connectivity index (χ4n) is 2.49. The Morgan fingerprint density at radius 3 is 2.46 bits per heavy atom. The first-order chi connectivity index (χ1) is 12.5. The van der Waals surface area contributed by atoms with E-state index in [0.29, 0.717) is 15.9 Å². The van der Waals surface area contributed by atoms with E-state index >= 15 is 0 Å². The van der Waals surface area contributed by atoms with Gasteiger partial charge in [0.15, 0.2) is 5.17 Å². The first kappa shape index (κ1) is 19.2. The quantitative estimate of drug-likeness (QED) is 0.294. The van der Waals surface area contributed by atoms with E-state index in [1.807, 2.05) is 24.3 Å². The van der Waals surface area contributed by atoms with Crippen molar-refractivity contribution in [1.82, 2.24) is 0 Å². The van der Waals surface area contributed by atoms with Gasteiger partial charge < -0.3 is 5.32 Å². The van der Waals surface area contributed by atoms with Gasteiger partial charge in [-0.3, -0.25) is 14.6 Å². The summed E-state index contributed by atoms with van der Waals surface area (Å²) in [5.74, 6) is -0.465. The van der Waals surface area contributed by atoms with Gasteiger partial charge in [0, 0.05) is 27.7 Å². The number of hydrogen-bond donors (Lipinski definition) is 1. The third-order valence-electron chi connectivity index (χ3n) is 3.74. The molecule has 0 aromatic heterocycles. The van der Waals surface area contributed by atoms with E-state index in [2.05, 4.69) is 32.9 Å². The second-order valence-electron chi connectivity index (χ2n) is 5.52. The van der Waals surface area contributed by atoms with Crippen molar-refractivity contribution in [2.45, 2.75) is 11.7 Å². The normalized spacial score (nSPS) is 17.7. The lowest BCUT2D eigenvalue weighted by Gasteiger charge is -2.15. The van der Waals surface area contributed by atoms with E-state index < -0.39 is 5.25 Å². The molecule has 5 nitrogen and oxygen atoms in total. The number of nitrogens with one attached hydrogen (secondary N) is 1. The van der Waals surface area contributed by atoms with E-state index in [1.165, 1.54) is 16.7 Å². The third kappa shape index (κ3) is 4.39. The minimum Gasteiger partial charge on any atom is -0.335 e. The highest BCUT2D eigenvalue weighted by atomic mass is 127. The number of aliphatic imine (C=N–C) groups is 1. The number of imide groups is 1. The van der Waals surface area contributed by atoms with E-state index in [0.717, 1.165) is 9.26 Å². The summed E-state index contributed by atoms with van der Waals surface area (Å²) in [5, 5.41) is 3.83. The average molecular weight is 500 g/mol. The standard InChI is InChI=1S/C18H15ClIN3O2S/c1-21-18(22-13-6-4-12(20)5-7-13)26-15-10-16(24)23(17(15)25)14-8-2-11(19)3-9-14/h2-9,15H,10H2,1H3,(H,21,22). The number of thioether (sulfide) groups is 1. The summed E-state index contributed by atoms with van der Waals surface area (Å²) in [4.78, 5) is 30.5. The van der Waals surface area contributed by atoms with Gasteiger partial charge in [-0.2, -0.15) is 0 Å². The van der Waals surface area contributed by atoms with Crippen LogP contribution in [0.1, 0.15) is 6.42 Å². The van der Waals surface area contributed by atoms with Crippen molar-refractivity contribution in [2.24, 2.45) is 4.99 Å². The van der Waals surface area contributed by atoms with Gasteiger partial charge in [-0.1, -0.05) is 23.4 Å². The van der Waals surface area contributed by atoms with Crippen LogP contribution in [0, 0.1) is 3.57 Å². The minimum atomic E-state index is -0.506. The summed E-state index contributed by atoms with van der Waals surface area (Å²) in [6, 6.07) is 14.5. The first-order valence-electron chi connectivity index (χ1n) is 7.76. The van der Waals surface area contributed by atoms with Crippen LogP contribution in [0.5, 0.6) is 0 Å². The number of carbonyl (C=O) groups is 2. The highest BCUT2D eigenvalue weighted by Gasteiger charge is 2.40. The number of nitrogens with zero attached hydrogens (tertiary/aromatic N) is 2. The predicted octanol–water partition coefficient (Wildman–Crippen LogP) is 4.41. The molecule has 8 heteroatoms. The first-order valence-corrected chi connectivity index (χ1v) is 10.1. The molecule has 1 fully saturated rings. The molecule has 1 aliphatic rings. The second-order valence-corrected chi connectivity index (χ2v) is 8.39. The zero-order chi connectivity index (χ0) is 18.7. The van der Waals surface area contributed by atoms with Crippen LogP contribution in [-0.2, 0) is 9.59 Å². The Morgan fingerprint density at radius 2 is 1.85 bits per heavy atom. The molecule has 0 aliphatic carbocycles. The number of rotatable bonds is 3. The summed E-state index contributed by atoms with van der Waals surface area (Å²) in [7, 11) is 1.65. The lowest BCUT2D eigenvalue weighted by atomic mass is 10.3. The molecule has 3 rings (SSSR count). The van der Waals surface area contributed by atoms with Gasteiger partial charge in [0.25, 0.3) is 0 Å². The van der Waals surface area contributed by atoms with Crippen LogP contribution in [0.15, 0.2) is 53.5 Å². The molecular formula is C18H15ClIN3O2S. The van der Waals surface area contributed by atoms with E-state index in [9.17, 15) is 9.59 Å². The van der Waals surface area contributed by atoms with E-state index in [1.54, 1.807) is 31.3 Å². The lowest BCUT2D eigenvalue weighted by Crippen LogP contribution is -2.31. The Labute approximate surface area is 174 Å². The molecule has 1 N–H and O–H groups in total. The number of hydrogen-bond acceptors (Lipinski definition) is 4. The fraction of sp³-hybridized carbons (Fsp3) is 0.167. The Hall–Kier alpha value is -1.58. The topological polar surface area (TPSA) is 61.8 Å². The monoisotopic (exact) mass is 499 g/mol. The Balaban J connectivity index is 1.71. The van der Waals surface area contributed by atoms with Gasteiger partial charge in [-0.05, 0) is 71.1 Å². The number of halogens is 2. The fourth-order valence-corrected chi connectivity index (χ4v) is 3.96. The molecule has 0 radical (unpaired) electrons. The molecule has 2 aromatic carbocycles. The Kier molecular flexibility index (Phi) is 6.20. The van der Waals surface area contributed by atoms with Crippen molar-refractivity contribution in [3.8, 4) is 0 Å². The molecule has 0 spiro atoms. The highest BCUT2D eigenvalue weighted by Crippen LogP contribution is 2.31. The van der Waals surface area contributed by atoms with Crippen LogP contribution in [0.3, 0.4) is 0 Å². The van der Waals surface area contributed by atoms with Crippen molar-refractivity contribution in [2.75, 3.05) is 17.3 Å². The number of anilines is 2. The lowest BCUT2D eigenvalue weighted by molar-refractivity contribution is -0.121. The highest BCUT2D eigenvalue weighted by molar-refractivity contribution is 14.1. The molecule has 2 amide bonds. The van der Waals surface area contributed by atoms with Crippen LogP contribution in [0.2, 0.25) is 5.02 Å². The average Bonchev–Trinajstić information content (AvgIpc) is 2.91. The summed E-state index contributed by atoms with van der Waals surface area (Å²) < 4.78 is 1.13. The molecule has 1 saturated heterocycles. The maximum Gasteiger partial charge on any atom is 0.247 e. The second kappa shape index (κ2) is 8.41. The number of amidine groups is 1. The van der Waals surface area contributed by atoms with Gasteiger partial charge >= 0.3 is 0 Å². The zero-order valence-electron chi connectivity index (χ0n) is 13.8. The number of amides is 2. The van der Waals surface area contributed by atoms with Gasteiger partial charge in [-0.15, -0.1) is 0 Å². The van der Waals surface area contributed by atoms with Gasteiger partial charge in [0.2, 0.25) is 11.8 Å². The molecule has 1 atom stereocenters. The van der Waals surface area contributed by atoms with Crippen molar-refractivity contribution in [1.29, 1.82) is 0 Å². The van der Waals surface area contributed by atoms with Gasteiger partial charge in [0.05, 0.1) is 5.69 Å². The smallest absolute Gasteiger partial charge is 0.247 e. The van der Waals surface area contributed by atoms with Crippen molar-refractivity contribution in [3.63, 3.8) is 0 Å². The van der Waals surface area contributed by atoms with Crippen LogP contribution in [0.25, 0.3) is 0 Å². The maximum absolute atomic E-state index is 12.7. The van der Waals surface area contributed by atoms with Crippen molar-refractivity contribution in [3.05, 3.63) is 57.1 Å². The summed E-state index contributed by atoms with van der Waals surface area (Å²) >= 11 is 9.38. The SMILES string of the molecule is CN=C(Nc1ccc(I)cc1)SC1CC(=O)N(c2ccc(Cl)cc2)C1=O. The van der Waals surface area contributed by atoms with Crippen LogP contribution < -0.4 is 10.2 Å². The largest absolute Gasteiger partial charge is 0.335 e. The van der Waals surface area contributed by atoms with Gasteiger partial charge in [-0.25, -0.2) is 4.90 Å². The summed E-state index contributed by atoms with van der Waals surface area (Å²) in [6.07, 6.45) is 0.138. The maximum atomic E-state index is 12.7. The van der Waals surface area contributed by atoms with Crippen LogP contribution >= 0.6 is 46.0 Å². The third-order valence-corrected chi connectivity index (χ3v) is 5.87. The Morgan fingerprint density at radius 1 is 1.19 bits per heavy atom.